The van der Waals surface area contributed by atoms with Crippen LogP contribution < -0.4 is 10.6 Å². The quantitative estimate of drug-likeness (QED) is 0.386. The predicted octanol–water partition coefficient (Wildman–Crippen LogP) is 3.66. The third-order valence-corrected chi connectivity index (χ3v) is 5.82. The maximum Gasteiger partial charge on any atom is 0.191 e. The number of rotatable bonds is 9. The highest BCUT2D eigenvalue weighted by Gasteiger charge is 2.38. The Morgan fingerprint density at radius 2 is 1.96 bits per heavy atom. The van der Waals surface area contributed by atoms with Crippen LogP contribution in [0, 0.1) is 5.92 Å². The van der Waals surface area contributed by atoms with E-state index in [0.717, 1.165) is 58.2 Å². The first kappa shape index (κ1) is 21.1. The van der Waals surface area contributed by atoms with Crippen molar-refractivity contribution in [1.82, 2.24) is 10.6 Å². The van der Waals surface area contributed by atoms with Gasteiger partial charge >= 0.3 is 0 Å². The van der Waals surface area contributed by atoms with Crippen molar-refractivity contribution in [2.24, 2.45) is 10.9 Å². The van der Waals surface area contributed by atoms with Crippen LogP contribution in [0.1, 0.15) is 62.5 Å². The van der Waals surface area contributed by atoms with Gasteiger partial charge in [0.1, 0.15) is 0 Å². The van der Waals surface area contributed by atoms with Crippen molar-refractivity contribution in [3.63, 3.8) is 0 Å². The molecular weight excluding hydrogens is 350 g/mol. The Morgan fingerprint density at radius 1 is 1.21 bits per heavy atom. The van der Waals surface area contributed by atoms with Gasteiger partial charge in [0.05, 0.1) is 0 Å². The number of aliphatic imine (C=N–C) groups is 1. The summed E-state index contributed by atoms with van der Waals surface area (Å²) >= 11 is 0. The number of benzene rings is 1. The third-order valence-electron chi connectivity index (χ3n) is 5.82. The molecule has 156 valence electrons. The van der Waals surface area contributed by atoms with Gasteiger partial charge in [0, 0.05) is 52.0 Å². The second kappa shape index (κ2) is 10.8. The van der Waals surface area contributed by atoms with Crippen LogP contribution in [0.2, 0.25) is 0 Å². The molecule has 2 unspecified atom stereocenters. The molecule has 2 fully saturated rings. The van der Waals surface area contributed by atoms with E-state index < -0.39 is 0 Å². The molecule has 0 bridgehead atoms. The minimum atomic E-state index is 0.487. The molecule has 1 saturated carbocycles. The first-order chi connectivity index (χ1) is 13.7. The van der Waals surface area contributed by atoms with E-state index in [-0.39, 0.29) is 0 Å². The number of nitrogens with one attached hydrogen (secondary N) is 2. The van der Waals surface area contributed by atoms with Gasteiger partial charge in [-0.2, -0.15) is 0 Å². The summed E-state index contributed by atoms with van der Waals surface area (Å²) in [4.78, 5) is 4.36. The summed E-state index contributed by atoms with van der Waals surface area (Å²) in [6, 6.07) is 9.59. The summed E-state index contributed by atoms with van der Waals surface area (Å²) in [5.74, 6) is 2.77. The van der Waals surface area contributed by atoms with Gasteiger partial charge in [-0.1, -0.05) is 38.1 Å². The normalized spacial score (nSPS) is 23.1. The smallest absolute Gasteiger partial charge is 0.191 e. The fourth-order valence-corrected chi connectivity index (χ4v) is 3.77. The number of guanidine groups is 1. The van der Waals surface area contributed by atoms with Crippen molar-refractivity contribution >= 4 is 5.96 Å². The molecule has 0 aromatic heterocycles. The first-order valence-electron chi connectivity index (χ1n) is 10.9. The van der Waals surface area contributed by atoms with Crippen LogP contribution in [0.15, 0.2) is 29.3 Å². The van der Waals surface area contributed by atoms with Crippen LogP contribution in [0.4, 0.5) is 0 Å². The van der Waals surface area contributed by atoms with Crippen molar-refractivity contribution in [2.45, 2.75) is 57.4 Å². The van der Waals surface area contributed by atoms with Gasteiger partial charge in [-0.15, -0.1) is 0 Å². The highest BCUT2D eigenvalue weighted by molar-refractivity contribution is 5.80. The Kier molecular flexibility index (Phi) is 8.16. The Labute approximate surface area is 170 Å². The van der Waals surface area contributed by atoms with E-state index in [9.17, 15) is 0 Å². The highest BCUT2D eigenvalue weighted by Crippen LogP contribution is 2.41. The molecular formula is C23H37N3O2. The van der Waals surface area contributed by atoms with Crippen LogP contribution in [0.25, 0.3) is 0 Å². The van der Waals surface area contributed by atoms with Gasteiger partial charge in [-0.05, 0) is 48.6 Å². The van der Waals surface area contributed by atoms with E-state index in [0.29, 0.717) is 23.8 Å². The molecule has 0 amide bonds. The average molecular weight is 388 g/mol. The van der Waals surface area contributed by atoms with Crippen molar-refractivity contribution in [2.75, 3.05) is 40.0 Å². The first-order valence-corrected chi connectivity index (χ1v) is 10.9. The lowest BCUT2D eigenvalue weighted by Crippen LogP contribution is -2.39. The molecule has 0 spiro atoms. The monoisotopic (exact) mass is 387 g/mol. The maximum absolute atomic E-state index is 5.83. The molecule has 28 heavy (non-hydrogen) atoms. The van der Waals surface area contributed by atoms with Crippen molar-refractivity contribution in [3.05, 3.63) is 35.4 Å². The summed E-state index contributed by atoms with van der Waals surface area (Å²) < 4.78 is 11.2. The molecule has 5 heteroatoms. The molecule has 3 rings (SSSR count). The fourth-order valence-electron chi connectivity index (χ4n) is 3.77. The van der Waals surface area contributed by atoms with Gasteiger partial charge in [-0.3, -0.25) is 4.99 Å². The van der Waals surface area contributed by atoms with Gasteiger partial charge in [0.2, 0.25) is 0 Å². The van der Waals surface area contributed by atoms with Crippen LogP contribution in [-0.4, -0.2) is 52.0 Å². The molecule has 2 N–H and O–H groups in total. The van der Waals surface area contributed by atoms with E-state index in [4.69, 9.17) is 9.47 Å². The summed E-state index contributed by atoms with van der Waals surface area (Å²) in [6.45, 7) is 8.81. The topological polar surface area (TPSA) is 54.9 Å². The lowest BCUT2D eigenvalue weighted by molar-refractivity contribution is 0.0203. The predicted molar refractivity (Wildman–Crippen MR) is 115 cm³/mol. The largest absolute Gasteiger partial charge is 0.381 e. The maximum atomic E-state index is 5.83. The molecule has 0 radical (unpaired) electrons. The SMILES string of the molecule is CN=C(NCCCOCC1CCOCC1)NC1CC1c1ccc(C(C)C)cc1. The van der Waals surface area contributed by atoms with Gasteiger partial charge in [-0.25, -0.2) is 0 Å². The van der Waals surface area contributed by atoms with Crippen molar-refractivity contribution in [3.8, 4) is 0 Å². The van der Waals surface area contributed by atoms with Crippen LogP contribution in [0.3, 0.4) is 0 Å². The zero-order valence-electron chi connectivity index (χ0n) is 17.7. The van der Waals surface area contributed by atoms with E-state index in [2.05, 4.69) is 53.7 Å². The summed E-state index contributed by atoms with van der Waals surface area (Å²) in [6.07, 6.45) is 4.44. The van der Waals surface area contributed by atoms with Gasteiger partial charge in [0.15, 0.2) is 5.96 Å². The summed E-state index contributed by atoms with van der Waals surface area (Å²) in [7, 11) is 1.84. The Bertz CT molecular complexity index is 609. The average Bonchev–Trinajstić information content (AvgIpc) is 3.49. The van der Waals surface area contributed by atoms with Crippen molar-refractivity contribution < 1.29 is 9.47 Å². The number of hydrogen-bond acceptors (Lipinski definition) is 3. The fraction of sp³-hybridized carbons (Fsp3) is 0.696. The highest BCUT2D eigenvalue weighted by atomic mass is 16.5. The van der Waals surface area contributed by atoms with E-state index in [1.807, 2.05) is 7.05 Å². The number of hydrogen-bond donors (Lipinski definition) is 2. The zero-order valence-corrected chi connectivity index (χ0v) is 17.7. The van der Waals surface area contributed by atoms with E-state index in [1.54, 1.807) is 0 Å². The molecule has 1 heterocycles. The minimum Gasteiger partial charge on any atom is -0.381 e. The molecule has 5 nitrogen and oxygen atoms in total. The molecule has 1 aromatic rings. The van der Waals surface area contributed by atoms with Crippen LogP contribution in [-0.2, 0) is 9.47 Å². The third kappa shape index (κ3) is 6.49. The standard InChI is InChI=1S/C23H37N3O2/c1-17(2)19-5-7-20(8-6-19)21-15-22(21)26-23(24-3)25-11-4-12-28-16-18-9-13-27-14-10-18/h5-8,17-18,21-22H,4,9-16H2,1-3H3,(H2,24,25,26). The van der Waals surface area contributed by atoms with E-state index >= 15 is 0 Å². The number of nitrogens with zero attached hydrogens (tertiary/aromatic N) is 1. The van der Waals surface area contributed by atoms with Crippen LogP contribution in [0.5, 0.6) is 0 Å². The Balaban J connectivity index is 1.29. The summed E-state index contributed by atoms with van der Waals surface area (Å²) in [5, 5.41) is 6.97. The second-order valence-corrected chi connectivity index (χ2v) is 8.40. The summed E-state index contributed by atoms with van der Waals surface area (Å²) in [5.41, 5.74) is 2.84. The Morgan fingerprint density at radius 3 is 2.64 bits per heavy atom. The molecule has 1 aliphatic carbocycles. The Hall–Kier alpha value is -1.59. The zero-order chi connectivity index (χ0) is 19.8. The lowest BCUT2D eigenvalue weighted by atomic mass is 10.0. The molecule has 2 aliphatic rings. The van der Waals surface area contributed by atoms with E-state index in [1.165, 1.54) is 17.5 Å². The van der Waals surface area contributed by atoms with Gasteiger partial charge < -0.3 is 20.1 Å². The molecule has 2 atom stereocenters. The molecule has 1 aliphatic heterocycles. The minimum absolute atomic E-state index is 0.487. The van der Waals surface area contributed by atoms with Crippen molar-refractivity contribution in [1.29, 1.82) is 0 Å². The molecule has 1 aromatic carbocycles. The number of ether oxygens (including phenoxy) is 2. The second-order valence-electron chi connectivity index (χ2n) is 8.40. The molecule has 1 saturated heterocycles. The van der Waals surface area contributed by atoms with Gasteiger partial charge in [0.25, 0.3) is 0 Å². The lowest BCUT2D eigenvalue weighted by Gasteiger charge is -2.21. The van der Waals surface area contributed by atoms with Crippen LogP contribution >= 0.6 is 0 Å².